The molecule has 0 aliphatic carbocycles. The third-order valence-corrected chi connectivity index (χ3v) is 11.4. The minimum Gasteiger partial charge on any atom is -0.387 e. The fourth-order valence-electron chi connectivity index (χ4n) is 8.04. The number of benzene rings is 6. The van der Waals surface area contributed by atoms with Crippen LogP contribution >= 0.6 is 0 Å². The molecule has 0 aromatic heterocycles. The van der Waals surface area contributed by atoms with Gasteiger partial charge in [0.05, 0.1) is 52.9 Å². The highest BCUT2D eigenvalue weighted by molar-refractivity contribution is 5.18. The van der Waals surface area contributed by atoms with E-state index in [9.17, 15) is 10.2 Å². The Hall–Kier alpha value is -5.12. The summed E-state index contributed by atoms with van der Waals surface area (Å²) in [6.45, 7) is 1.49. The van der Waals surface area contributed by atoms with Gasteiger partial charge < -0.3 is 52.8 Å². The van der Waals surface area contributed by atoms with Gasteiger partial charge in [0.15, 0.2) is 12.6 Å². The Balaban J connectivity index is 1.13. The van der Waals surface area contributed by atoms with E-state index in [1.807, 2.05) is 182 Å². The van der Waals surface area contributed by atoms with Crippen LogP contribution in [-0.4, -0.2) is 84.8 Å². The van der Waals surface area contributed by atoms with Crippen LogP contribution < -0.4 is 0 Å². The highest BCUT2D eigenvalue weighted by Crippen LogP contribution is 2.35. The highest BCUT2D eigenvalue weighted by atomic mass is 16.7. The molecule has 0 unspecified atom stereocenters. The summed E-state index contributed by atoms with van der Waals surface area (Å²) in [6, 6.07) is 58.9. The van der Waals surface area contributed by atoms with Gasteiger partial charge in [-0.15, -0.1) is 0 Å². The van der Waals surface area contributed by atoms with Gasteiger partial charge in [0.1, 0.15) is 48.8 Å². The molecule has 0 bridgehead atoms. The molecular weight excluding hydrogens is 825 g/mol. The van der Waals surface area contributed by atoms with Crippen molar-refractivity contribution in [2.45, 2.75) is 101 Å². The molecule has 0 saturated carbocycles. The highest BCUT2D eigenvalue weighted by Gasteiger charge is 2.53. The Bertz CT molecular complexity index is 2200. The lowest BCUT2D eigenvalue weighted by Crippen LogP contribution is -2.66. The van der Waals surface area contributed by atoms with Crippen LogP contribution in [0.1, 0.15) is 33.4 Å². The summed E-state index contributed by atoms with van der Waals surface area (Å²) >= 11 is 0. The van der Waals surface area contributed by atoms with Crippen molar-refractivity contribution < 1.29 is 52.8 Å². The zero-order chi connectivity index (χ0) is 44.5. The Kier molecular flexibility index (Phi) is 17.4. The summed E-state index contributed by atoms with van der Waals surface area (Å²) in [4.78, 5) is 0. The van der Waals surface area contributed by atoms with Crippen molar-refractivity contribution in [2.75, 3.05) is 13.2 Å². The van der Waals surface area contributed by atoms with Crippen LogP contribution in [0.4, 0.5) is 0 Å². The van der Waals surface area contributed by atoms with Gasteiger partial charge in [-0.05, 0) is 33.4 Å². The number of ether oxygens (including phenoxy) is 9. The van der Waals surface area contributed by atoms with E-state index in [4.69, 9.17) is 42.6 Å². The van der Waals surface area contributed by atoms with Crippen LogP contribution in [0, 0.1) is 0 Å². The van der Waals surface area contributed by atoms with Crippen LogP contribution in [0.5, 0.6) is 0 Å². The van der Waals surface area contributed by atoms with Gasteiger partial charge in [0, 0.05) is 0 Å². The molecule has 2 saturated heterocycles. The fourth-order valence-corrected chi connectivity index (χ4v) is 8.04. The maximum atomic E-state index is 12.3. The Morgan fingerprint density at radius 3 is 1.06 bits per heavy atom. The SMILES string of the molecule is O[C@@H]1[C@@H](OCc2ccccc2)[C@H](O)O[C@H](COCc2ccccc2)[C@@H]1O[C@H]1O[C@H](COCc2ccccc2)[C@H](OCc2ccccc2)[C@H](OCc2ccccc2)[C@H]1OCc1ccccc1. The zero-order valence-corrected chi connectivity index (χ0v) is 36.3. The lowest BCUT2D eigenvalue weighted by atomic mass is 9.96. The van der Waals surface area contributed by atoms with Gasteiger partial charge in [-0.2, -0.15) is 0 Å². The van der Waals surface area contributed by atoms with E-state index in [0.29, 0.717) is 6.61 Å². The quantitative estimate of drug-likeness (QED) is 0.0691. The number of aliphatic hydroxyl groups is 2. The van der Waals surface area contributed by atoms with Gasteiger partial charge >= 0.3 is 0 Å². The first-order chi connectivity index (χ1) is 32.1. The second kappa shape index (κ2) is 24.4. The number of hydrogen-bond acceptors (Lipinski definition) is 11. The third kappa shape index (κ3) is 13.5. The summed E-state index contributed by atoms with van der Waals surface area (Å²) in [5.41, 5.74) is 5.67. The molecule has 11 nitrogen and oxygen atoms in total. The van der Waals surface area contributed by atoms with Gasteiger partial charge in [-0.3, -0.25) is 0 Å². The molecule has 0 spiro atoms. The summed E-state index contributed by atoms with van der Waals surface area (Å²) < 4.78 is 59.6. The van der Waals surface area contributed by atoms with Gasteiger partial charge in [0.2, 0.25) is 0 Å². The van der Waals surface area contributed by atoms with Gasteiger partial charge in [-0.25, -0.2) is 0 Å². The molecule has 0 radical (unpaired) electrons. The number of hydrogen-bond donors (Lipinski definition) is 2. The summed E-state index contributed by atoms with van der Waals surface area (Å²) in [5, 5.41) is 23.7. The smallest absolute Gasteiger partial charge is 0.187 e. The van der Waals surface area contributed by atoms with Crippen molar-refractivity contribution in [3.8, 4) is 0 Å². The van der Waals surface area contributed by atoms with Crippen molar-refractivity contribution in [1.29, 1.82) is 0 Å². The van der Waals surface area contributed by atoms with Crippen molar-refractivity contribution in [3.63, 3.8) is 0 Å². The first-order valence-corrected chi connectivity index (χ1v) is 22.3. The predicted molar refractivity (Wildman–Crippen MR) is 243 cm³/mol. The lowest BCUT2D eigenvalue weighted by molar-refractivity contribution is -0.371. The number of aliphatic hydroxyl groups excluding tert-OH is 2. The topological polar surface area (TPSA) is 124 Å². The molecule has 8 rings (SSSR count). The second-order valence-corrected chi connectivity index (χ2v) is 16.2. The van der Waals surface area contributed by atoms with E-state index in [-0.39, 0.29) is 46.2 Å². The number of rotatable bonds is 22. The van der Waals surface area contributed by atoms with E-state index >= 15 is 0 Å². The molecule has 11 heteroatoms. The normalized spacial score (nSPS) is 25.6. The van der Waals surface area contributed by atoms with E-state index < -0.39 is 61.4 Å². The Morgan fingerprint density at radius 2 is 0.662 bits per heavy atom. The first kappa shape index (κ1) is 46.4. The predicted octanol–water partition coefficient (Wildman–Crippen LogP) is 7.95. The summed E-state index contributed by atoms with van der Waals surface area (Å²) in [7, 11) is 0. The van der Waals surface area contributed by atoms with Crippen LogP contribution in [0.2, 0.25) is 0 Å². The van der Waals surface area contributed by atoms with Crippen molar-refractivity contribution in [1.82, 2.24) is 0 Å². The molecule has 2 aliphatic heterocycles. The molecule has 6 aromatic rings. The van der Waals surface area contributed by atoms with Crippen molar-refractivity contribution in [2.24, 2.45) is 0 Å². The largest absolute Gasteiger partial charge is 0.387 e. The zero-order valence-electron chi connectivity index (χ0n) is 36.3. The molecule has 10 atom stereocenters. The van der Waals surface area contributed by atoms with E-state index in [2.05, 4.69) is 0 Å². The molecule has 6 aromatic carbocycles. The molecule has 2 aliphatic rings. The molecular formula is C54H58O11. The van der Waals surface area contributed by atoms with E-state index in [0.717, 1.165) is 33.4 Å². The second-order valence-electron chi connectivity index (χ2n) is 16.2. The molecule has 2 heterocycles. The van der Waals surface area contributed by atoms with E-state index in [1.54, 1.807) is 0 Å². The van der Waals surface area contributed by atoms with Crippen LogP contribution in [0.25, 0.3) is 0 Å². The summed E-state index contributed by atoms with van der Waals surface area (Å²) in [6.07, 6.45) is -10.5. The lowest BCUT2D eigenvalue weighted by Gasteiger charge is -2.49. The molecule has 2 N–H and O–H groups in total. The van der Waals surface area contributed by atoms with Crippen LogP contribution in [0.15, 0.2) is 182 Å². The van der Waals surface area contributed by atoms with Gasteiger partial charge in [-0.1, -0.05) is 182 Å². The third-order valence-electron chi connectivity index (χ3n) is 11.4. The minimum absolute atomic E-state index is 0.0261. The molecule has 65 heavy (non-hydrogen) atoms. The average Bonchev–Trinajstić information content (AvgIpc) is 3.35. The standard InChI is InChI=1S/C54H58O11/c55-47-48(45(37-57-31-39-19-7-1-8-20-39)63-53(56)50(47)60-34-42-25-13-4-14-26-42)65-54-52(62-36-44-29-17-6-18-30-44)51(61-35-43-27-15-5-16-28-43)49(59-33-41-23-11-3-12-24-41)46(64-54)38-58-32-40-21-9-2-10-22-40/h1-30,45-56H,31-38H2/t45-,46-,47+,48+,49+,50-,51+,52-,53-,54-/m1/s1. The van der Waals surface area contributed by atoms with Crippen LogP contribution in [0.3, 0.4) is 0 Å². The minimum atomic E-state index is -1.49. The Morgan fingerprint density at radius 1 is 0.338 bits per heavy atom. The fraction of sp³-hybridized carbons (Fsp3) is 0.333. The first-order valence-electron chi connectivity index (χ1n) is 22.3. The van der Waals surface area contributed by atoms with Crippen molar-refractivity contribution >= 4 is 0 Å². The van der Waals surface area contributed by atoms with Crippen LogP contribution in [-0.2, 0) is 82.3 Å². The van der Waals surface area contributed by atoms with Gasteiger partial charge in [0.25, 0.3) is 0 Å². The Labute approximate surface area is 381 Å². The monoisotopic (exact) mass is 882 g/mol. The average molecular weight is 883 g/mol. The molecule has 2 fully saturated rings. The maximum Gasteiger partial charge on any atom is 0.187 e. The maximum absolute atomic E-state index is 12.3. The molecule has 340 valence electrons. The molecule has 0 amide bonds. The summed E-state index contributed by atoms with van der Waals surface area (Å²) in [5.74, 6) is 0. The van der Waals surface area contributed by atoms with Crippen molar-refractivity contribution in [3.05, 3.63) is 215 Å². The van der Waals surface area contributed by atoms with E-state index in [1.165, 1.54) is 0 Å².